The molecule has 1 fully saturated rings. The van der Waals surface area contributed by atoms with E-state index in [1.165, 1.54) is 5.56 Å². The van der Waals surface area contributed by atoms with Gasteiger partial charge in [0.1, 0.15) is 5.75 Å². The van der Waals surface area contributed by atoms with Crippen LogP contribution in [0.4, 0.5) is 5.69 Å². The number of nitrogens with zero attached hydrogens (tertiary/aromatic N) is 2. The topological polar surface area (TPSA) is 35.9 Å². The predicted octanol–water partition coefficient (Wildman–Crippen LogP) is 4.72. The number of benzene rings is 2. The van der Waals surface area contributed by atoms with Gasteiger partial charge in [-0.3, -0.25) is 4.90 Å². The quantitative estimate of drug-likeness (QED) is 0.590. The molecule has 0 saturated carbocycles. The Morgan fingerprint density at radius 1 is 1.07 bits per heavy atom. The van der Waals surface area contributed by atoms with Gasteiger partial charge in [-0.25, -0.2) is 0 Å². The van der Waals surface area contributed by atoms with E-state index in [1.54, 1.807) is 0 Å². The van der Waals surface area contributed by atoms with Crippen LogP contribution in [-0.2, 0) is 6.54 Å². The van der Waals surface area contributed by atoms with Crippen molar-refractivity contribution in [2.45, 2.75) is 51.2 Å². The summed E-state index contributed by atoms with van der Waals surface area (Å²) in [5.74, 6) is 0.927. The van der Waals surface area contributed by atoms with Crippen molar-refractivity contribution in [3.63, 3.8) is 0 Å². The third kappa shape index (κ3) is 6.76. The van der Waals surface area contributed by atoms with Gasteiger partial charge in [-0.05, 0) is 43.4 Å². The van der Waals surface area contributed by atoms with Crippen molar-refractivity contribution in [3.8, 4) is 5.75 Å². The highest BCUT2D eigenvalue weighted by molar-refractivity contribution is 5.50. The molecule has 0 aromatic heterocycles. The van der Waals surface area contributed by atoms with Gasteiger partial charge in [0, 0.05) is 45.0 Å². The lowest BCUT2D eigenvalue weighted by molar-refractivity contribution is -0.0275. The normalized spacial score (nSPS) is 16.5. The van der Waals surface area contributed by atoms with E-state index in [4.69, 9.17) is 4.74 Å². The number of hydrogen-bond acceptors (Lipinski definition) is 4. The molecule has 4 nitrogen and oxygen atoms in total. The van der Waals surface area contributed by atoms with E-state index in [0.29, 0.717) is 0 Å². The van der Waals surface area contributed by atoms with Crippen molar-refractivity contribution in [2.24, 2.45) is 0 Å². The average molecular weight is 397 g/mol. The molecule has 29 heavy (non-hydrogen) atoms. The van der Waals surface area contributed by atoms with E-state index < -0.39 is 5.60 Å². The maximum Gasteiger partial charge on any atom is 0.121 e. The Kier molecular flexibility index (Phi) is 7.96. The molecule has 0 aliphatic carbocycles. The lowest BCUT2D eigenvalue weighted by Gasteiger charge is -2.39. The van der Waals surface area contributed by atoms with Gasteiger partial charge in [-0.1, -0.05) is 49.7 Å². The summed E-state index contributed by atoms with van der Waals surface area (Å²) >= 11 is 0. The molecule has 0 spiro atoms. The lowest BCUT2D eigenvalue weighted by Crippen LogP contribution is -2.45. The van der Waals surface area contributed by atoms with Crippen molar-refractivity contribution < 1.29 is 9.84 Å². The molecular formula is C25H36N2O2. The fourth-order valence-corrected chi connectivity index (χ4v) is 3.87. The third-order valence-electron chi connectivity index (χ3n) is 5.97. The fraction of sp³-hybridized carbons (Fsp3) is 0.520. The Bertz CT molecular complexity index is 727. The second-order valence-corrected chi connectivity index (χ2v) is 8.36. The van der Waals surface area contributed by atoms with Crippen LogP contribution in [0.1, 0.15) is 44.6 Å². The number of aliphatic hydroxyl groups is 1. The molecule has 2 aromatic carbocycles. The molecule has 3 rings (SSSR count). The Morgan fingerprint density at radius 3 is 2.55 bits per heavy atom. The van der Waals surface area contributed by atoms with Crippen molar-refractivity contribution in [1.82, 2.24) is 4.90 Å². The highest BCUT2D eigenvalue weighted by atomic mass is 16.5. The standard InChI is InChI=1S/C25H36N2O2/c1-3-4-19-29-24-12-8-11-23(20-24)26(2)16-13-25(28)14-17-27(18-15-25)21-22-9-6-5-7-10-22/h5-12,20,28H,3-4,13-19,21H2,1-2H3. The zero-order chi connectivity index (χ0) is 20.5. The van der Waals surface area contributed by atoms with Crippen LogP contribution >= 0.6 is 0 Å². The van der Waals surface area contributed by atoms with Gasteiger partial charge in [0.15, 0.2) is 0 Å². The van der Waals surface area contributed by atoms with Crippen LogP contribution in [0.5, 0.6) is 5.75 Å². The van der Waals surface area contributed by atoms with Crippen LogP contribution in [0.25, 0.3) is 0 Å². The number of rotatable bonds is 10. The van der Waals surface area contributed by atoms with E-state index in [9.17, 15) is 5.11 Å². The number of ether oxygens (including phenoxy) is 1. The van der Waals surface area contributed by atoms with Crippen molar-refractivity contribution in [1.29, 1.82) is 0 Å². The van der Waals surface area contributed by atoms with Crippen LogP contribution in [0.3, 0.4) is 0 Å². The maximum atomic E-state index is 11.1. The van der Waals surface area contributed by atoms with Gasteiger partial charge in [0.05, 0.1) is 12.2 Å². The zero-order valence-corrected chi connectivity index (χ0v) is 18.0. The number of unbranched alkanes of at least 4 members (excludes halogenated alkanes) is 1. The minimum Gasteiger partial charge on any atom is -0.494 e. The van der Waals surface area contributed by atoms with Gasteiger partial charge in [-0.2, -0.15) is 0 Å². The van der Waals surface area contributed by atoms with E-state index in [1.807, 2.05) is 12.1 Å². The number of piperidine rings is 1. The molecule has 1 aliphatic heterocycles. The molecule has 0 atom stereocenters. The highest BCUT2D eigenvalue weighted by Gasteiger charge is 2.32. The van der Waals surface area contributed by atoms with Crippen LogP contribution in [0, 0.1) is 0 Å². The second-order valence-electron chi connectivity index (χ2n) is 8.36. The highest BCUT2D eigenvalue weighted by Crippen LogP contribution is 2.28. The van der Waals surface area contributed by atoms with Gasteiger partial charge in [0.25, 0.3) is 0 Å². The molecule has 0 amide bonds. The van der Waals surface area contributed by atoms with E-state index in [2.05, 4.69) is 66.2 Å². The van der Waals surface area contributed by atoms with E-state index in [0.717, 1.165) is 76.3 Å². The van der Waals surface area contributed by atoms with Crippen LogP contribution in [-0.4, -0.2) is 48.9 Å². The Morgan fingerprint density at radius 2 is 1.83 bits per heavy atom. The van der Waals surface area contributed by atoms with Gasteiger partial charge >= 0.3 is 0 Å². The van der Waals surface area contributed by atoms with Crippen molar-refractivity contribution >= 4 is 5.69 Å². The molecule has 1 heterocycles. The van der Waals surface area contributed by atoms with Gasteiger partial charge in [-0.15, -0.1) is 0 Å². The molecule has 0 radical (unpaired) electrons. The number of likely N-dealkylation sites (tertiary alicyclic amines) is 1. The lowest BCUT2D eigenvalue weighted by atomic mass is 9.88. The monoisotopic (exact) mass is 396 g/mol. The fourth-order valence-electron chi connectivity index (χ4n) is 3.87. The summed E-state index contributed by atoms with van der Waals surface area (Å²) in [4.78, 5) is 4.67. The molecule has 158 valence electrons. The smallest absolute Gasteiger partial charge is 0.121 e. The van der Waals surface area contributed by atoms with Crippen molar-refractivity contribution in [2.75, 3.05) is 38.2 Å². The Labute approximate surface area is 176 Å². The SMILES string of the molecule is CCCCOc1cccc(N(C)CCC2(O)CCN(Cc3ccccc3)CC2)c1. The molecule has 0 unspecified atom stereocenters. The predicted molar refractivity (Wildman–Crippen MR) is 121 cm³/mol. The largest absolute Gasteiger partial charge is 0.494 e. The summed E-state index contributed by atoms with van der Waals surface area (Å²) < 4.78 is 5.83. The summed E-state index contributed by atoms with van der Waals surface area (Å²) in [7, 11) is 2.10. The Balaban J connectivity index is 1.45. The minimum atomic E-state index is -0.559. The first-order valence-electron chi connectivity index (χ1n) is 11.0. The Hall–Kier alpha value is -2.04. The number of anilines is 1. The van der Waals surface area contributed by atoms with Gasteiger partial charge in [0.2, 0.25) is 0 Å². The van der Waals surface area contributed by atoms with Gasteiger partial charge < -0.3 is 14.7 Å². The van der Waals surface area contributed by atoms with Crippen LogP contribution < -0.4 is 9.64 Å². The first-order chi connectivity index (χ1) is 14.1. The summed E-state index contributed by atoms with van der Waals surface area (Å²) in [5.41, 5.74) is 1.93. The molecule has 1 aliphatic rings. The van der Waals surface area contributed by atoms with Crippen molar-refractivity contribution in [3.05, 3.63) is 60.2 Å². The maximum absolute atomic E-state index is 11.1. The number of hydrogen-bond donors (Lipinski definition) is 1. The summed E-state index contributed by atoms with van der Waals surface area (Å²) in [6, 6.07) is 18.9. The second kappa shape index (κ2) is 10.7. The molecule has 1 saturated heterocycles. The molecule has 2 aromatic rings. The third-order valence-corrected chi connectivity index (χ3v) is 5.97. The molecular weight excluding hydrogens is 360 g/mol. The minimum absolute atomic E-state index is 0.559. The van der Waals surface area contributed by atoms with E-state index in [-0.39, 0.29) is 0 Å². The first-order valence-corrected chi connectivity index (χ1v) is 11.0. The zero-order valence-electron chi connectivity index (χ0n) is 18.0. The molecule has 4 heteroatoms. The van der Waals surface area contributed by atoms with Crippen LogP contribution in [0.15, 0.2) is 54.6 Å². The molecule has 1 N–H and O–H groups in total. The molecule has 0 bridgehead atoms. The first kappa shape index (κ1) is 21.7. The summed E-state index contributed by atoms with van der Waals surface area (Å²) in [5, 5.41) is 11.1. The van der Waals surface area contributed by atoms with E-state index >= 15 is 0 Å². The van der Waals surface area contributed by atoms with Crippen LogP contribution in [0.2, 0.25) is 0 Å². The summed E-state index contributed by atoms with van der Waals surface area (Å²) in [6.07, 6.45) is 4.70. The average Bonchev–Trinajstić information content (AvgIpc) is 2.75. The summed E-state index contributed by atoms with van der Waals surface area (Å²) in [6.45, 7) is 6.66.